The van der Waals surface area contributed by atoms with Gasteiger partial charge in [-0.05, 0) is 63.6 Å². The Bertz CT molecular complexity index is 565. The lowest BCUT2D eigenvalue weighted by atomic mass is 9.87. The summed E-state index contributed by atoms with van der Waals surface area (Å²) in [5.41, 5.74) is 0.958. The van der Waals surface area contributed by atoms with Crippen LogP contribution in [0.4, 0.5) is 0 Å². The molecular weight excluding hydrogens is 298 g/mol. The summed E-state index contributed by atoms with van der Waals surface area (Å²) in [6.45, 7) is 9.08. The third-order valence-electron chi connectivity index (χ3n) is 5.95. The van der Waals surface area contributed by atoms with Crippen LogP contribution in [-0.4, -0.2) is 52.0 Å². The number of likely N-dealkylation sites (tertiary alicyclic amines) is 2. The molecule has 1 atom stereocenters. The van der Waals surface area contributed by atoms with Crippen LogP contribution in [0.3, 0.4) is 0 Å². The maximum atomic E-state index is 13.0. The second-order valence-electron chi connectivity index (χ2n) is 8.23. The van der Waals surface area contributed by atoms with Crippen molar-refractivity contribution in [2.45, 2.75) is 57.9 Å². The van der Waals surface area contributed by atoms with Crippen molar-refractivity contribution in [2.75, 3.05) is 26.2 Å². The van der Waals surface area contributed by atoms with E-state index in [1.54, 1.807) is 0 Å². The van der Waals surface area contributed by atoms with E-state index >= 15 is 0 Å². The fourth-order valence-electron chi connectivity index (χ4n) is 4.46. The first-order valence-corrected chi connectivity index (χ1v) is 9.66. The Hall–Kier alpha value is -1.29. The van der Waals surface area contributed by atoms with Crippen LogP contribution < -0.4 is 0 Å². The maximum Gasteiger partial charge on any atom is 0.255 e. The summed E-state index contributed by atoms with van der Waals surface area (Å²) in [6, 6.07) is 1.96. The Kier molecular flexibility index (Phi) is 5.33. The van der Waals surface area contributed by atoms with Crippen LogP contribution in [0.1, 0.15) is 62.7 Å². The van der Waals surface area contributed by atoms with Crippen molar-refractivity contribution in [1.82, 2.24) is 14.4 Å². The highest BCUT2D eigenvalue weighted by atomic mass is 16.2. The molecule has 2 fully saturated rings. The molecule has 3 heterocycles. The van der Waals surface area contributed by atoms with E-state index in [0.29, 0.717) is 0 Å². The summed E-state index contributed by atoms with van der Waals surface area (Å²) in [6.07, 6.45) is 11.1. The monoisotopic (exact) mass is 331 g/mol. The second-order valence-corrected chi connectivity index (χ2v) is 8.23. The Morgan fingerprint density at radius 2 is 1.92 bits per heavy atom. The summed E-state index contributed by atoms with van der Waals surface area (Å²) in [5.74, 6) is 1.01. The fraction of sp³-hybridized carbons (Fsp3) is 0.750. The molecule has 3 rings (SSSR count). The van der Waals surface area contributed by atoms with E-state index in [0.717, 1.165) is 37.4 Å². The SMILES string of the molecule is CC(C)CCN1CCCC2(CCCN2C(=O)c2ccn(C)c2)CC1. The van der Waals surface area contributed by atoms with Gasteiger partial charge in [0.1, 0.15) is 0 Å². The van der Waals surface area contributed by atoms with E-state index in [4.69, 9.17) is 0 Å². The molecule has 0 radical (unpaired) electrons. The van der Waals surface area contributed by atoms with Crippen molar-refractivity contribution in [3.05, 3.63) is 24.0 Å². The highest BCUT2D eigenvalue weighted by Gasteiger charge is 2.44. The summed E-state index contributed by atoms with van der Waals surface area (Å²) in [7, 11) is 1.98. The first-order valence-electron chi connectivity index (χ1n) is 9.66. The Morgan fingerprint density at radius 1 is 1.17 bits per heavy atom. The van der Waals surface area contributed by atoms with E-state index in [9.17, 15) is 4.79 Å². The van der Waals surface area contributed by atoms with E-state index in [2.05, 4.69) is 23.6 Å². The predicted octanol–water partition coefficient (Wildman–Crippen LogP) is 3.53. The lowest BCUT2D eigenvalue weighted by Gasteiger charge is -2.38. The van der Waals surface area contributed by atoms with Crippen LogP contribution in [0.25, 0.3) is 0 Å². The van der Waals surface area contributed by atoms with Gasteiger partial charge in [-0.25, -0.2) is 0 Å². The first kappa shape index (κ1) is 17.5. The lowest BCUT2D eigenvalue weighted by molar-refractivity contribution is 0.0558. The van der Waals surface area contributed by atoms with E-state index < -0.39 is 0 Å². The molecule has 24 heavy (non-hydrogen) atoms. The summed E-state index contributed by atoms with van der Waals surface area (Å²) in [4.78, 5) is 17.9. The van der Waals surface area contributed by atoms with Crippen LogP contribution in [0, 0.1) is 5.92 Å². The molecule has 2 aliphatic heterocycles. The van der Waals surface area contributed by atoms with Gasteiger partial charge in [-0.15, -0.1) is 0 Å². The molecule has 1 aromatic heterocycles. The average molecular weight is 332 g/mol. The van der Waals surface area contributed by atoms with E-state index in [1.807, 2.05) is 30.1 Å². The molecular formula is C20H33N3O. The molecule has 134 valence electrons. The molecule has 1 aromatic rings. The minimum Gasteiger partial charge on any atom is -0.356 e. The number of nitrogens with zero attached hydrogens (tertiary/aromatic N) is 3. The predicted molar refractivity (Wildman–Crippen MR) is 98.2 cm³/mol. The molecule has 2 saturated heterocycles. The fourth-order valence-corrected chi connectivity index (χ4v) is 4.46. The first-order chi connectivity index (χ1) is 11.5. The van der Waals surface area contributed by atoms with Crippen molar-refractivity contribution in [3.8, 4) is 0 Å². The highest BCUT2D eigenvalue weighted by Crippen LogP contribution is 2.39. The van der Waals surface area contributed by atoms with Crippen LogP contribution in [0.2, 0.25) is 0 Å². The van der Waals surface area contributed by atoms with Gasteiger partial charge in [0, 0.05) is 38.1 Å². The number of rotatable bonds is 4. The van der Waals surface area contributed by atoms with Crippen molar-refractivity contribution in [2.24, 2.45) is 13.0 Å². The summed E-state index contributed by atoms with van der Waals surface area (Å²) in [5, 5.41) is 0. The van der Waals surface area contributed by atoms with Gasteiger partial charge in [-0.1, -0.05) is 13.8 Å². The van der Waals surface area contributed by atoms with Gasteiger partial charge in [0.2, 0.25) is 0 Å². The Morgan fingerprint density at radius 3 is 2.58 bits per heavy atom. The minimum atomic E-state index is 0.111. The van der Waals surface area contributed by atoms with Gasteiger partial charge in [0.15, 0.2) is 0 Å². The van der Waals surface area contributed by atoms with Crippen LogP contribution in [0.15, 0.2) is 18.5 Å². The van der Waals surface area contributed by atoms with Gasteiger partial charge in [-0.3, -0.25) is 4.79 Å². The molecule has 0 bridgehead atoms. The van der Waals surface area contributed by atoms with Gasteiger partial charge < -0.3 is 14.4 Å². The molecule has 2 aliphatic rings. The zero-order valence-electron chi connectivity index (χ0n) is 15.6. The van der Waals surface area contributed by atoms with E-state index in [-0.39, 0.29) is 11.4 Å². The third kappa shape index (κ3) is 3.69. The zero-order chi connectivity index (χ0) is 17.2. The smallest absolute Gasteiger partial charge is 0.255 e. The standard InChI is InChI=1S/C20H33N3O/c1-17(2)6-14-22-11-4-8-20(10-15-22)9-5-12-23(20)19(24)18-7-13-21(3)16-18/h7,13,16-17H,4-6,8-12,14-15H2,1-3H3. The molecule has 4 nitrogen and oxygen atoms in total. The number of carbonyl (C=O) groups is 1. The summed E-state index contributed by atoms with van der Waals surface area (Å²) >= 11 is 0. The minimum absolute atomic E-state index is 0.111. The molecule has 0 aromatic carbocycles. The van der Waals surface area contributed by atoms with Crippen molar-refractivity contribution < 1.29 is 4.79 Å². The van der Waals surface area contributed by atoms with Crippen LogP contribution in [-0.2, 0) is 7.05 Å². The number of aryl methyl sites for hydroxylation is 1. The number of amides is 1. The largest absolute Gasteiger partial charge is 0.356 e. The van der Waals surface area contributed by atoms with Crippen molar-refractivity contribution >= 4 is 5.91 Å². The molecule has 0 N–H and O–H groups in total. The van der Waals surface area contributed by atoms with Crippen molar-refractivity contribution in [3.63, 3.8) is 0 Å². The quantitative estimate of drug-likeness (QED) is 0.844. The lowest BCUT2D eigenvalue weighted by Crippen LogP contribution is -2.47. The van der Waals surface area contributed by atoms with Gasteiger partial charge in [0.05, 0.1) is 5.56 Å². The molecule has 1 unspecified atom stereocenters. The zero-order valence-corrected chi connectivity index (χ0v) is 15.6. The molecule has 0 aliphatic carbocycles. The number of hydrogen-bond donors (Lipinski definition) is 0. The summed E-state index contributed by atoms with van der Waals surface area (Å²) < 4.78 is 1.97. The second kappa shape index (κ2) is 7.30. The Labute approximate surface area is 146 Å². The molecule has 1 amide bonds. The molecule has 1 spiro atoms. The number of carbonyl (C=O) groups excluding carboxylic acids is 1. The Balaban J connectivity index is 1.68. The van der Waals surface area contributed by atoms with Crippen molar-refractivity contribution in [1.29, 1.82) is 0 Å². The van der Waals surface area contributed by atoms with E-state index in [1.165, 1.54) is 38.8 Å². The maximum absolute atomic E-state index is 13.0. The highest BCUT2D eigenvalue weighted by molar-refractivity contribution is 5.94. The van der Waals surface area contributed by atoms with Gasteiger partial charge in [0.25, 0.3) is 5.91 Å². The average Bonchev–Trinajstić information content (AvgIpc) is 3.09. The topological polar surface area (TPSA) is 28.5 Å². The normalized spacial score (nSPS) is 25.6. The molecule has 0 saturated carbocycles. The van der Waals surface area contributed by atoms with Crippen LogP contribution >= 0.6 is 0 Å². The molecule has 4 heteroatoms. The van der Waals surface area contributed by atoms with Gasteiger partial charge in [-0.2, -0.15) is 0 Å². The number of aromatic nitrogens is 1. The van der Waals surface area contributed by atoms with Crippen LogP contribution in [0.5, 0.6) is 0 Å². The van der Waals surface area contributed by atoms with Gasteiger partial charge >= 0.3 is 0 Å². The number of hydrogen-bond acceptors (Lipinski definition) is 2. The third-order valence-corrected chi connectivity index (χ3v) is 5.95.